The lowest BCUT2D eigenvalue weighted by atomic mass is 10.4. The minimum Gasteiger partial charge on any atom is -0.460 e. The zero-order chi connectivity index (χ0) is 7.52. The summed E-state index contributed by atoms with van der Waals surface area (Å²) in [4.78, 5) is 0. The normalized spacial score (nSPS) is 23.8. The van der Waals surface area contributed by atoms with Crippen LogP contribution in [0.3, 0.4) is 0 Å². The van der Waals surface area contributed by atoms with Gasteiger partial charge in [0.05, 0.1) is 6.61 Å². The number of hydrogen-bond donors (Lipinski definition) is 0. The Morgan fingerprint density at radius 2 is 2.64 bits per heavy atom. The molecule has 1 fully saturated rings. The molecule has 1 unspecified atom stereocenters. The number of aromatic nitrogens is 1. The molecular weight excluding hydrogens is 146 g/mol. The standard InChI is InChI=1S/C7H9NO3/c1-2-7(9-3-1)11-6-4-8-10-5-6/h4-5,7H,1-3H2. The van der Waals surface area contributed by atoms with Crippen LogP contribution in [0.4, 0.5) is 0 Å². The number of rotatable bonds is 2. The van der Waals surface area contributed by atoms with Crippen LogP contribution in [0.25, 0.3) is 0 Å². The summed E-state index contributed by atoms with van der Waals surface area (Å²) in [7, 11) is 0. The number of nitrogens with zero attached hydrogens (tertiary/aromatic N) is 1. The van der Waals surface area contributed by atoms with Crippen molar-refractivity contribution in [2.75, 3.05) is 6.61 Å². The summed E-state index contributed by atoms with van der Waals surface area (Å²) in [6.45, 7) is 0.788. The molecule has 0 radical (unpaired) electrons. The molecule has 1 aromatic rings. The molecule has 0 saturated carbocycles. The molecule has 4 nitrogen and oxygen atoms in total. The largest absolute Gasteiger partial charge is 0.460 e. The van der Waals surface area contributed by atoms with E-state index in [9.17, 15) is 0 Å². The van der Waals surface area contributed by atoms with E-state index in [1.165, 1.54) is 12.5 Å². The molecule has 0 N–H and O–H groups in total. The third-order valence-corrected chi connectivity index (χ3v) is 1.57. The summed E-state index contributed by atoms with van der Waals surface area (Å²) in [6, 6.07) is 0. The zero-order valence-corrected chi connectivity index (χ0v) is 6.03. The molecule has 1 saturated heterocycles. The molecular formula is C7H9NO3. The minimum atomic E-state index is -0.102. The first kappa shape index (κ1) is 6.67. The molecule has 0 spiro atoms. The monoisotopic (exact) mass is 155 g/mol. The van der Waals surface area contributed by atoms with Crippen LogP contribution in [-0.2, 0) is 4.74 Å². The molecule has 1 aliphatic heterocycles. The van der Waals surface area contributed by atoms with Crippen LogP contribution in [0.15, 0.2) is 17.0 Å². The average molecular weight is 155 g/mol. The molecule has 4 heteroatoms. The number of hydrogen-bond acceptors (Lipinski definition) is 4. The van der Waals surface area contributed by atoms with Crippen molar-refractivity contribution < 1.29 is 14.0 Å². The van der Waals surface area contributed by atoms with Gasteiger partial charge in [-0.2, -0.15) is 0 Å². The van der Waals surface area contributed by atoms with Crippen molar-refractivity contribution in [2.24, 2.45) is 0 Å². The predicted octanol–water partition coefficient (Wildman–Crippen LogP) is 1.19. The van der Waals surface area contributed by atoms with Crippen molar-refractivity contribution in [3.05, 3.63) is 12.5 Å². The Hall–Kier alpha value is -1.03. The smallest absolute Gasteiger partial charge is 0.200 e. The highest BCUT2D eigenvalue weighted by Crippen LogP contribution is 2.17. The Morgan fingerprint density at radius 1 is 1.64 bits per heavy atom. The molecule has 2 heterocycles. The molecule has 1 aromatic heterocycles. The summed E-state index contributed by atoms with van der Waals surface area (Å²) in [6.07, 6.45) is 4.90. The molecule has 2 rings (SSSR count). The van der Waals surface area contributed by atoms with E-state index >= 15 is 0 Å². The fraction of sp³-hybridized carbons (Fsp3) is 0.571. The first-order chi connectivity index (χ1) is 5.45. The Bertz CT molecular complexity index is 203. The highest BCUT2D eigenvalue weighted by Gasteiger charge is 2.17. The topological polar surface area (TPSA) is 44.5 Å². The van der Waals surface area contributed by atoms with Crippen molar-refractivity contribution in [2.45, 2.75) is 19.1 Å². The second-order valence-corrected chi connectivity index (χ2v) is 2.42. The van der Waals surface area contributed by atoms with Crippen LogP contribution in [-0.4, -0.2) is 18.1 Å². The summed E-state index contributed by atoms with van der Waals surface area (Å²) in [5.41, 5.74) is 0. The summed E-state index contributed by atoms with van der Waals surface area (Å²) in [5, 5.41) is 3.51. The molecule has 0 aromatic carbocycles. The van der Waals surface area contributed by atoms with Crippen molar-refractivity contribution in [1.29, 1.82) is 0 Å². The van der Waals surface area contributed by atoms with E-state index in [1.54, 1.807) is 0 Å². The Morgan fingerprint density at radius 3 is 3.27 bits per heavy atom. The van der Waals surface area contributed by atoms with Crippen molar-refractivity contribution >= 4 is 0 Å². The molecule has 0 bridgehead atoms. The molecule has 1 atom stereocenters. The highest BCUT2D eigenvalue weighted by atomic mass is 16.7. The van der Waals surface area contributed by atoms with E-state index in [1.807, 2.05) is 0 Å². The second kappa shape index (κ2) is 2.92. The van der Waals surface area contributed by atoms with Crippen LogP contribution in [0.1, 0.15) is 12.8 Å². The third-order valence-electron chi connectivity index (χ3n) is 1.57. The van der Waals surface area contributed by atoms with Crippen molar-refractivity contribution in [3.63, 3.8) is 0 Å². The Balaban J connectivity index is 1.90. The van der Waals surface area contributed by atoms with Gasteiger partial charge in [-0.15, -0.1) is 0 Å². The van der Waals surface area contributed by atoms with Gasteiger partial charge in [0.1, 0.15) is 6.20 Å². The van der Waals surface area contributed by atoms with Crippen LogP contribution >= 0.6 is 0 Å². The lowest BCUT2D eigenvalue weighted by molar-refractivity contribution is -0.0393. The maximum Gasteiger partial charge on any atom is 0.200 e. The summed E-state index contributed by atoms with van der Waals surface area (Å²) in [5.74, 6) is 0.636. The van der Waals surface area contributed by atoms with Crippen LogP contribution in [0.5, 0.6) is 5.75 Å². The van der Waals surface area contributed by atoms with Gasteiger partial charge in [-0.3, -0.25) is 0 Å². The minimum absolute atomic E-state index is 0.102. The maximum atomic E-state index is 5.34. The van der Waals surface area contributed by atoms with Gasteiger partial charge in [-0.1, -0.05) is 5.16 Å². The van der Waals surface area contributed by atoms with Crippen LogP contribution < -0.4 is 4.74 Å². The molecule has 11 heavy (non-hydrogen) atoms. The van der Waals surface area contributed by atoms with Gasteiger partial charge in [0.25, 0.3) is 0 Å². The number of ether oxygens (including phenoxy) is 2. The third kappa shape index (κ3) is 1.51. The molecule has 0 amide bonds. The predicted molar refractivity (Wildman–Crippen MR) is 36.1 cm³/mol. The fourth-order valence-electron chi connectivity index (χ4n) is 1.05. The van der Waals surface area contributed by atoms with Gasteiger partial charge >= 0.3 is 0 Å². The lowest BCUT2D eigenvalue weighted by Gasteiger charge is -2.08. The quantitative estimate of drug-likeness (QED) is 0.643. The summed E-state index contributed by atoms with van der Waals surface area (Å²) < 4.78 is 15.2. The molecule has 0 aliphatic carbocycles. The van der Waals surface area contributed by atoms with Gasteiger partial charge in [-0.05, 0) is 6.42 Å². The Kier molecular flexibility index (Phi) is 1.77. The van der Waals surface area contributed by atoms with E-state index in [-0.39, 0.29) is 6.29 Å². The Labute approximate surface area is 64.1 Å². The molecule has 60 valence electrons. The van der Waals surface area contributed by atoms with Gasteiger partial charge in [0, 0.05) is 6.42 Å². The summed E-state index contributed by atoms with van der Waals surface area (Å²) >= 11 is 0. The molecule has 1 aliphatic rings. The van der Waals surface area contributed by atoms with E-state index < -0.39 is 0 Å². The van der Waals surface area contributed by atoms with Crippen LogP contribution in [0, 0.1) is 0 Å². The van der Waals surface area contributed by atoms with Gasteiger partial charge in [0.15, 0.2) is 18.3 Å². The second-order valence-electron chi connectivity index (χ2n) is 2.42. The van der Waals surface area contributed by atoms with E-state index in [0.717, 1.165) is 19.4 Å². The van der Waals surface area contributed by atoms with E-state index in [4.69, 9.17) is 9.47 Å². The highest BCUT2D eigenvalue weighted by molar-refractivity contribution is 5.08. The average Bonchev–Trinajstić information content (AvgIpc) is 2.60. The maximum absolute atomic E-state index is 5.34. The van der Waals surface area contributed by atoms with Gasteiger partial charge < -0.3 is 14.0 Å². The van der Waals surface area contributed by atoms with Crippen LogP contribution in [0.2, 0.25) is 0 Å². The first-order valence-corrected chi connectivity index (χ1v) is 3.63. The van der Waals surface area contributed by atoms with Crippen molar-refractivity contribution in [3.8, 4) is 5.75 Å². The zero-order valence-electron chi connectivity index (χ0n) is 6.03. The van der Waals surface area contributed by atoms with E-state index in [0.29, 0.717) is 5.75 Å². The van der Waals surface area contributed by atoms with Gasteiger partial charge in [-0.25, -0.2) is 0 Å². The first-order valence-electron chi connectivity index (χ1n) is 3.63. The van der Waals surface area contributed by atoms with Crippen molar-refractivity contribution in [1.82, 2.24) is 5.16 Å². The van der Waals surface area contributed by atoms with E-state index in [2.05, 4.69) is 9.68 Å². The van der Waals surface area contributed by atoms with Gasteiger partial charge in [0.2, 0.25) is 0 Å². The fourth-order valence-corrected chi connectivity index (χ4v) is 1.05. The SMILES string of the molecule is c1nocc1OC1CCCO1. The lowest BCUT2D eigenvalue weighted by Crippen LogP contribution is -2.13.